The van der Waals surface area contributed by atoms with Gasteiger partial charge in [-0.1, -0.05) is 0 Å². The van der Waals surface area contributed by atoms with Crippen molar-refractivity contribution in [2.24, 2.45) is 0 Å². The third-order valence-corrected chi connectivity index (χ3v) is 3.65. The van der Waals surface area contributed by atoms with Gasteiger partial charge in [0.05, 0.1) is 11.4 Å². The molecule has 0 N–H and O–H groups in total. The van der Waals surface area contributed by atoms with Crippen molar-refractivity contribution in [3.05, 3.63) is 53.4 Å². The first-order valence-corrected chi connectivity index (χ1v) is 6.93. The lowest BCUT2D eigenvalue weighted by molar-refractivity contribution is -0.112. The van der Waals surface area contributed by atoms with Crippen LogP contribution in [0.2, 0.25) is 0 Å². The molecule has 3 rings (SSSR count). The molecule has 3 nitrogen and oxygen atoms in total. The van der Waals surface area contributed by atoms with Gasteiger partial charge in [0.1, 0.15) is 5.82 Å². The summed E-state index contributed by atoms with van der Waals surface area (Å²) in [4.78, 5) is 16.5. The summed E-state index contributed by atoms with van der Waals surface area (Å²) in [5, 5.41) is 1.93. The number of ketones is 1. The van der Waals surface area contributed by atoms with E-state index < -0.39 is 0 Å². The molecule has 5 heteroatoms. The van der Waals surface area contributed by atoms with Crippen LogP contribution in [0.25, 0.3) is 22.3 Å². The summed E-state index contributed by atoms with van der Waals surface area (Å²) >= 11 is 1.51. The first-order valence-electron chi connectivity index (χ1n) is 6.05. The van der Waals surface area contributed by atoms with E-state index in [2.05, 4.69) is 4.98 Å². The highest BCUT2D eigenvalue weighted by Gasteiger charge is 2.12. The fourth-order valence-electron chi connectivity index (χ4n) is 1.98. The van der Waals surface area contributed by atoms with Crippen molar-refractivity contribution < 1.29 is 9.18 Å². The van der Waals surface area contributed by atoms with E-state index >= 15 is 0 Å². The van der Waals surface area contributed by atoms with Crippen LogP contribution in [0, 0.1) is 5.82 Å². The number of rotatable bonds is 3. The Morgan fingerprint density at radius 2 is 2.10 bits per heavy atom. The van der Waals surface area contributed by atoms with Gasteiger partial charge >= 0.3 is 0 Å². The predicted molar refractivity (Wildman–Crippen MR) is 78.2 cm³/mol. The lowest BCUT2D eigenvalue weighted by Crippen LogP contribution is -1.87. The molecule has 1 aromatic carbocycles. The van der Waals surface area contributed by atoms with Crippen molar-refractivity contribution in [1.29, 1.82) is 0 Å². The molecule has 3 aromatic rings. The van der Waals surface area contributed by atoms with Crippen LogP contribution in [0.15, 0.2) is 41.9 Å². The average Bonchev–Trinajstić information content (AvgIpc) is 2.98. The molecule has 0 fully saturated rings. The van der Waals surface area contributed by atoms with Crippen molar-refractivity contribution in [2.75, 3.05) is 0 Å². The monoisotopic (exact) mass is 286 g/mol. The number of hydrogen-bond donors (Lipinski definition) is 0. The van der Waals surface area contributed by atoms with Gasteiger partial charge in [0.25, 0.3) is 0 Å². The molecule has 0 saturated carbocycles. The number of benzene rings is 1. The average molecular weight is 286 g/mol. The molecule has 100 valence electrons. The number of thiazole rings is 1. The van der Waals surface area contributed by atoms with E-state index in [1.54, 1.807) is 18.2 Å². The van der Waals surface area contributed by atoms with Gasteiger partial charge in [-0.3, -0.25) is 9.20 Å². The minimum atomic E-state index is -0.282. The summed E-state index contributed by atoms with van der Waals surface area (Å²) in [6.45, 7) is 1.50. The predicted octanol–water partition coefficient (Wildman–Crippen LogP) is 3.80. The molecular weight excluding hydrogens is 275 g/mol. The molecule has 2 heterocycles. The zero-order chi connectivity index (χ0) is 14.1. The number of nitrogens with zero attached hydrogens (tertiary/aromatic N) is 2. The summed E-state index contributed by atoms with van der Waals surface area (Å²) in [6.07, 6.45) is 5.15. The fraction of sp³-hybridized carbons (Fsp3) is 0.0667. The fourth-order valence-corrected chi connectivity index (χ4v) is 2.70. The lowest BCUT2D eigenvalue weighted by Gasteiger charge is -2.00. The van der Waals surface area contributed by atoms with E-state index in [4.69, 9.17) is 0 Å². The Labute approximate surface area is 119 Å². The number of fused-ring (bicyclic) bond motifs is 1. The lowest BCUT2D eigenvalue weighted by atomic mass is 10.1. The third kappa shape index (κ3) is 2.28. The first kappa shape index (κ1) is 12.7. The molecule has 0 bridgehead atoms. The van der Waals surface area contributed by atoms with Gasteiger partial charge < -0.3 is 0 Å². The van der Waals surface area contributed by atoms with Gasteiger partial charge in [0.2, 0.25) is 0 Å². The second-order valence-corrected chi connectivity index (χ2v) is 5.23. The smallest absolute Gasteiger partial charge is 0.194 e. The van der Waals surface area contributed by atoms with Crippen molar-refractivity contribution >= 4 is 28.2 Å². The second kappa shape index (κ2) is 5.02. The number of aromatic nitrogens is 2. The maximum Gasteiger partial charge on any atom is 0.194 e. The number of hydrogen-bond acceptors (Lipinski definition) is 3. The molecule has 0 spiro atoms. The van der Waals surface area contributed by atoms with Gasteiger partial charge in [0.15, 0.2) is 10.7 Å². The Kier molecular flexibility index (Phi) is 3.20. The van der Waals surface area contributed by atoms with Crippen LogP contribution in [0.1, 0.15) is 12.6 Å². The van der Waals surface area contributed by atoms with Crippen LogP contribution in [-0.2, 0) is 4.79 Å². The quantitative estimate of drug-likeness (QED) is 0.686. The summed E-state index contributed by atoms with van der Waals surface area (Å²) in [5.74, 6) is -0.309. The maximum absolute atomic E-state index is 13.0. The molecule has 0 saturated heterocycles. The van der Waals surface area contributed by atoms with Crippen LogP contribution in [-0.4, -0.2) is 15.2 Å². The van der Waals surface area contributed by atoms with Crippen molar-refractivity contribution in [3.8, 4) is 11.3 Å². The molecule has 2 aromatic heterocycles. The molecule has 0 amide bonds. The summed E-state index contributed by atoms with van der Waals surface area (Å²) in [5.41, 5.74) is 2.39. The number of imidazole rings is 1. The largest absolute Gasteiger partial charge is 0.295 e. The molecule has 0 aliphatic carbocycles. The minimum absolute atomic E-state index is 0.0276. The highest BCUT2D eigenvalue weighted by atomic mass is 32.1. The van der Waals surface area contributed by atoms with Crippen LogP contribution in [0.4, 0.5) is 4.39 Å². The van der Waals surface area contributed by atoms with Crippen molar-refractivity contribution in [3.63, 3.8) is 0 Å². The highest BCUT2D eigenvalue weighted by molar-refractivity contribution is 7.15. The Hall–Kier alpha value is -2.27. The van der Waals surface area contributed by atoms with Gasteiger partial charge in [-0.05, 0) is 43.3 Å². The third-order valence-electron chi connectivity index (χ3n) is 2.89. The van der Waals surface area contributed by atoms with E-state index in [0.717, 1.165) is 21.9 Å². The summed E-state index contributed by atoms with van der Waals surface area (Å²) < 4.78 is 14.9. The Bertz CT molecular complexity index is 799. The van der Waals surface area contributed by atoms with E-state index in [9.17, 15) is 9.18 Å². The topological polar surface area (TPSA) is 34.4 Å². The Morgan fingerprint density at radius 3 is 2.80 bits per heavy atom. The van der Waals surface area contributed by atoms with E-state index in [0.29, 0.717) is 0 Å². The maximum atomic E-state index is 13.0. The minimum Gasteiger partial charge on any atom is -0.295 e. The van der Waals surface area contributed by atoms with Gasteiger partial charge in [-0.15, -0.1) is 11.3 Å². The normalized spacial score (nSPS) is 11.5. The molecule has 0 aliphatic heterocycles. The van der Waals surface area contributed by atoms with Crippen LogP contribution >= 0.6 is 11.3 Å². The van der Waals surface area contributed by atoms with Crippen molar-refractivity contribution in [2.45, 2.75) is 6.92 Å². The number of allylic oxidation sites excluding steroid dienone is 1. The molecule has 0 unspecified atom stereocenters. The standard InChI is InChI=1S/C15H11FN2OS/c1-10(19)2-7-13-14(11-3-5-12(16)6-4-11)17-15-18(13)8-9-20-15/h2-9H,1H3. The van der Waals surface area contributed by atoms with Gasteiger partial charge in [-0.25, -0.2) is 9.37 Å². The van der Waals surface area contributed by atoms with E-state index in [1.807, 2.05) is 16.0 Å². The molecule has 0 radical (unpaired) electrons. The van der Waals surface area contributed by atoms with Gasteiger partial charge in [0, 0.05) is 17.1 Å². The highest BCUT2D eigenvalue weighted by Crippen LogP contribution is 2.27. The van der Waals surface area contributed by atoms with Crippen molar-refractivity contribution in [1.82, 2.24) is 9.38 Å². The van der Waals surface area contributed by atoms with Crippen LogP contribution in [0.3, 0.4) is 0 Å². The summed E-state index contributed by atoms with van der Waals surface area (Å²) in [6, 6.07) is 6.18. The SMILES string of the molecule is CC(=O)C=Cc1c(-c2ccc(F)cc2)nc2sccn12. The zero-order valence-corrected chi connectivity index (χ0v) is 11.5. The number of carbonyl (C=O) groups is 1. The summed E-state index contributed by atoms with van der Waals surface area (Å²) in [7, 11) is 0. The number of halogens is 1. The Morgan fingerprint density at radius 1 is 1.35 bits per heavy atom. The van der Waals surface area contributed by atoms with E-state index in [-0.39, 0.29) is 11.6 Å². The molecule has 0 aliphatic rings. The molecule has 20 heavy (non-hydrogen) atoms. The van der Waals surface area contributed by atoms with Crippen LogP contribution < -0.4 is 0 Å². The number of carbonyl (C=O) groups excluding carboxylic acids is 1. The first-order chi connectivity index (χ1) is 9.65. The van der Waals surface area contributed by atoms with Gasteiger partial charge in [-0.2, -0.15) is 0 Å². The molecule has 0 atom stereocenters. The second-order valence-electron chi connectivity index (χ2n) is 4.35. The molecular formula is C15H11FN2OS. The van der Waals surface area contributed by atoms with Crippen LogP contribution in [0.5, 0.6) is 0 Å². The Balaban J connectivity index is 2.18. The zero-order valence-electron chi connectivity index (χ0n) is 10.7. The van der Waals surface area contributed by atoms with E-state index in [1.165, 1.54) is 36.5 Å².